The highest BCUT2D eigenvalue weighted by Crippen LogP contribution is 2.32. The van der Waals surface area contributed by atoms with Crippen LogP contribution in [0.1, 0.15) is 11.1 Å². The Labute approximate surface area is 140 Å². The van der Waals surface area contributed by atoms with E-state index in [1.807, 2.05) is 0 Å². The normalized spacial score (nSPS) is 11.2. The second-order valence-electron chi connectivity index (χ2n) is 5.27. The van der Waals surface area contributed by atoms with Gasteiger partial charge in [-0.15, -0.1) is 0 Å². The van der Waals surface area contributed by atoms with E-state index >= 15 is 0 Å². The van der Waals surface area contributed by atoms with E-state index in [4.69, 9.17) is 0 Å². The van der Waals surface area contributed by atoms with Crippen molar-refractivity contribution >= 4 is 11.6 Å². The molecule has 0 aliphatic heterocycles. The highest BCUT2D eigenvalue weighted by atomic mass is 19.4. The summed E-state index contributed by atoms with van der Waals surface area (Å²) < 4.78 is 63.7. The van der Waals surface area contributed by atoms with E-state index in [0.29, 0.717) is 25.1 Å². The van der Waals surface area contributed by atoms with E-state index in [1.165, 1.54) is 12.1 Å². The fourth-order valence-corrected chi connectivity index (χ4v) is 2.09. The number of carbonyl (C=O) groups excluding carboxylic acids is 1. The number of hydrogen-bond donors (Lipinski definition) is 2. The Kier molecular flexibility index (Phi) is 5.95. The number of benzene rings is 2. The van der Waals surface area contributed by atoms with Crippen LogP contribution in [0.5, 0.6) is 0 Å². The Balaban J connectivity index is 1.81. The molecule has 0 aliphatic carbocycles. The Morgan fingerprint density at radius 3 is 2.32 bits per heavy atom. The van der Waals surface area contributed by atoms with Gasteiger partial charge in [0.15, 0.2) is 0 Å². The zero-order chi connectivity index (χ0) is 18.4. The smallest absolute Gasteiger partial charge is 0.376 e. The predicted octanol–water partition coefficient (Wildman–Crippen LogP) is 3.75. The van der Waals surface area contributed by atoms with E-state index in [0.717, 1.165) is 11.6 Å². The summed E-state index contributed by atoms with van der Waals surface area (Å²) in [6.45, 7) is 0.0374. The summed E-state index contributed by atoms with van der Waals surface area (Å²) in [7, 11) is 0. The fraction of sp³-hybridized carbons (Fsp3) is 0.235. The summed E-state index contributed by atoms with van der Waals surface area (Å²) in [4.78, 5) is 11.7. The first-order chi connectivity index (χ1) is 11.8. The topological polar surface area (TPSA) is 41.1 Å². The number of nitrogens with one attached hydrogen (secondary N) is 2. The Morgan fingerprint density at radius 2 is 1.68 bits per heavy atom. The van der Waals surface area contributed by atoms with Crippen LogP contribution in [0.2, 0.25) is 0 Å². The first kappa shape index (κ1) is 18.7. The molecular formula is C17H15F5N2O. The molecule has 0 spiro atoms. The largest absolute Gasteiger partial charge is 0.419 e. The standard InChI is InChI=1S/C17H15F5N2O/c18-12-3-1-11(2-4-12)7-8-23-16(25)10-24-13-5-6-15(19)14(9-13)17(20,21)22/h1-6,9,24H,7-8,10H2,(H,23,25). The first-order valence-corrected chi connectivity index (χ1v) is 7.37. The Bertz CT molecular complexity index is 729. The van der Waals surface area contributed by atoms with Gasteiger partial charge in [0.05, 0.1) is 12.1 Å². The molecule has 0 saturated carbocycles. The maximum absolute atomic E-state index is 13.2. The van der Waals surface area contributed by atoms with Crippen molar-refractivity contribution in [2.45, 2.75) is 12.6 Å². The zero-order valence-corrected chi connectivity index (χ0v) is 13.0. The SMILES string of the molecule is O=C(CNc1ccc(F)c(C(F)(F)F)c1)NCCc1ccc(F)cc1. The van der Waals surface area contributed by atoms with Gasteiger partial charge < -0.3 is 10.6 Å². The van der Waals surface area contributed by atoms with E-state index in [1.54, 1.807) is 12.1 Å². The van der Waals surface area contributed by atoms with Gasteiger partial charge in [0.25, 0.3) is 0 Å². The van der Waals surface area contributed by atoms with Crippen LogP contribution in [0, 0.1) is 11.6 Å². The van der Waals surface area contributed by atoms with Crippen molar-refractivity contribution in [2.75, 3.05) is 18.4 Å². The average Bonchev–Trinajstić information content (AvgIpc) is 2.55. The summed E-state index contributed by atoms with van der Waals surface area (Å²) in [5, 5.41) is 5.09. The fourth-order valence-electron chi connectivity index (χ4n) is 2.09. The van der Waals surface area contributed by atoms with Gasteiger partial charge in [-0.3, -0.25) is 4.79 Å². The molecule has 0 atom stereocenters. The van der Waals surface area contributed by atoms with Crippen molar-refractivity contribution in [1.82, 2.24) is 5.32 Å². The average molecular weight is 358 g/mol. The van der Waals surface area contributed by atoms with Crippen LogP contribution in [-0.2, 0) is 17.4 Å². The number of halogens is 5. The lowest BCUT2D eigenvalue weighted by molar-refractivity contribution is -0.139. The van der Waals surface area contributed by atoms with Crippen molar-refractivity contribution in [3.63, 3.8) is 0 Å². The number of anilines is 1. The Hall–Kier alpha value is -2.64. The summed E-state index contributed by atoms with van der Waals surface area (Å²) in [5.74, 6) is -2.16. The molecule has 2 rings (SSSR count). The highest BCUT2D eigenvalue weighted by Gasteiger charge is 2.34. The van der Waals surface area contributed by atoms with Crippen LogP contribution in [-0.4, -0.2) is 19.0 Å². The molecule has 0 unspecified atom stereocenters. The van der Waals surface area contributed by atoms with Crippen molar-refractivity contribution in [3.05, 3.63) is 65.2 Å². The summed E-state index contributed by atoms with van der Waals surface area (Å²) in [5.41, 5.74) is -0.570. The van der Waals surface area contributed by atoms with Crippen LogP contribution in [0.3, 0.4) is 0 Å². The molecule has 2 aromatic carbocycles. The second kappa shape index (κ2) is 7.96. The predicted molar refractivity (Wildman–Crippen MR) is 83.0 cm³/mol. The van der Waals surface area contributed by atoms with E-state index < -0.39 is 23.5 Å². The van der Waals surface area contributed by atoms with Crippen LogP contribution in [0.15, 0.2) is 42.5 Å². The lowest BCUT2D eigenvalue weighted by Gasteiger charge is -2.12. The molecule has 0 aromatic heterocycles. The minimum atomic E-state index is -4.81. The van der Waals surface area contributed by atoms with Gasteiger partial charge in [-0.25, -0.2) is 8.78 Å². The lowest BCUT2D eigenvalue weighted by Crippen LogP contribution is -2.31. The number of rotatable bonds is 6. The van der Waals surface area contributed by atoms with E-state index in [9.17, 15) is 26.7 Å². The van der Waals surface area contributed by atoms with E-state index in [-0.39, 0.29) is 18.0 Å². The molecule has 3 nitrogen and oxygen atoms in total. The van der Waals surface area contributed by atoms with Gasteiger partial charge in [-0.05, 0) is 42.3 Å². The molecule has 0 fully saturated rings. The second-order valence-corrected chi connectivity index (χ2v) is 5.27. The molecular weight excluding hydrogens is 343 g/mol. The quantitative estimate of drug-likeness (QED) is 0.772. The van der Waals surface area contributed by atoms with E-state index in [2.05, 4.69) is 10.6 Å². The molecule has 25 heavy (non-hydrogen) atoms. The first-order valence-electron chi connectivity index (χ1n) is 7.37. The minimum Gasteiger partial charge on any atom is -0.376 e. The van der Waals surface area contributed by atoms with Crippen molar-refractivity contribution in [2.24, 2.45) is 0 Å². The van der Waals surface area contributed by atoms with Gasteiger partial charge >= 0.3 is 6.18 Å². The third-order valence-electron chi connectivity index (χ3n) is 3.37. The van der Waals surface area contributed by atoms with Crippen LogP contribution in [0.25, 0.3) is 0 Å². The minimum absolute atomic E-state index is 0.0117. The number of hydrogen-bond acceptors (Lipinski definition) is 2. The van der Waals surface area contributed by atoms with Crippen LogP contribution >= 0.6 is 0 Å². The number of carbonyl (C=O) groups is 1. The third kappa shape index (κ3) is 5.74. The molecule has 0 heterocycles. The molecule has 1 amide bonds. The number of amides is 1. The maximum Gasteiger partial charge on any atom is 0.419 e. The van der Waals surface area contributed by atoms with Gasteiger partial charge in [0, 0.05) is 12.2 Å². The van der Waals surface area contributed by atoms with Crippen LogP contribution in [0.4, 0.5) is 27.6 Å². The molecule has 2 aromatic rings. The van der Waals surface area contributed by atoms with Crippen LogP contribution < -0.4 is 10.6 Å². The summed E-state index contributed by atoms with van der Waals surface area (Å²) in [6, 6.07) is 8.24. The monoisotopic (exact) mass is 358 g/mol. The van der Waals surface area contributed by atoms with Crippen molar-refractivity contribution in [3.8, 4) is 0 Å². The molecule has 2 N–H and O–H groups in total. The Morgan fingerprint density at radius 1 is 1.00 bits per heavy atom. The maximum atomic E-state index is 13.2. The van der Waals surface area contributed by atoms with Gasteiger partial charge in [0.2, 0.25) is 5.91 Å². The van der Waals surface area contributed by atoms with Crippen molar-refractivity contribution < 1.29 is 26.7 Å². The highest BCUT2D eigenvalue weighted by molar-refractivity contribution is 5.80. The van der Waals surface area contributed by atoms with Gasteiger partial charge in [-0.2, -0.15) is 13.2 Å². The number of alkyl halides is 3. The zero-order valence-electron chi connectivity index (χ0n) is 13.0. The molecule has 0 bridgehead atoms. The molecule has 0 saturated heterocycles. The molecule has 134 valence electrons. The third-order valence-corrected chi connectivity index (χ3v) is 3.37. The lowest BCUT2D eigenvalue weighted by atomic mass is 10.1. The van der Waals surface area contributed by atoms with Gasteiger partial charge in [0.1, 0.15) is 11.6 Å². The van der Waals surface area contributed by atoms with Crippen molar-refractivity contribution in [1.29, 1.82) is 0 Å². The summed E-state index contributed by atoms with van der Waals surface area (Å²) in [6.07, 6.45) is -4.32. The summed E-state index contributed by atoms with van der Waals surface area (Å²) >= 11 is 0. The van der Waals surface area contributed by atoms with Gasteiger partial charge in [-0.1, -0.05) is 12.1 Å². The molecule has 0 aliphatic rings. The molecule has 0 radical (unpaired) electrons. The molecule has 8 heteroatoms.